The zero-order valence-corrected chi connectivity index (χ0v) is 20.6. The van der Waals surface area contributed by atoms with Crippen molar-refractivity contribution < 1.29 is 18.7 Å². The van der Waals surface area contributed by atoms with E-state index >= 15 is 0 Å². The fourth-order valence-electron chi connectivity index (χ4n) is 3.39. The zero-order valence-electron chi connectivity index (χ0n) is 19.6. The first-order valence-corrected chi connectivity index (χ1v) is 14.6. The Labute approximate surface area is 185 Å². The highest BCUT2D eigenvalue weighted by molar-refractivity contribution is 6.76. The summed E-state index contributed by atoms with van der Waals surface area (Å²) in [4.78, 5) is 16.0. The van der Waals surface area contributed by atoms with Crippen molar-refractivity contribution in [3.8, 4) is 0 Å². The van der Waals surface area contributed by atoms with Gasteiger partial charge in [-0.15, -0.1) is 0 Å². The summed E-state index contributed by atoms with van der Waals surface area (Å²) in [6.07, 6.45) is 1.53. The number of rotatable bonds is 6. The van der Waals surface area contributed by atoms with Crippen molar-refractivity contribution in [1.29, 1.82) is 0 Å². The number of hydrogen-bond acceptors (Lipinski definition) is 5. The number of ether oxygens (including phenoxy) is 2. The maximum Gasteiger partial charge on any atom is 0.410 e. The van der Waals surface area contributed by atoms with Crippen LogP contribution in [-0.2, 0) is 16.2 Å². The summed E-state index contributed by atoms with van der Waals surface area (Å²) in [5.41, 5.74) is 0.638. The van der Waals surface area contributed by atoms with E-state index in [-0.39, 0.29) is 11.9 Å². The molecule has 1 fully saturated rings. The summed E-state index contributed by atoms with van der Waals surface area (Å²) in [6, 6.07) is 4.56. The summed E-state index contributed by atoms with van der Waals surface area (Å²) in [7, 11) is -1.14. The molecule has 0 saturated carbocycles. The van der Waals surface area contributed by atoms with Gasteiger partial charge in [-0.2, -0.15) is 5.10 Å². The third kappa shape index (κ3) is 6.67. The molecular formula is C22H35FN4O3Si. The average molecular weight is 451 g/mol. The van der Waals surface area contributed by atoms with E-state index in [9.17, 15) is 9.18 Å². The lowest BCUT2D eigenvalue weighted by Gasteiger charge is -2.36. The molecule has 0 spiro atoms. The predicted molar refractivity (Wildman–Crippen MR) is 124 cm³/mol. The molecule has 1 amide bonds. The Bertz CT molecular complexity index is 912. The van der Waals surface area contributed by atoms with Gasteiger partial charge in [0, 0.05) is 58.1 Å². The Morgan fingerprint density at radius 2 is 1.84 bits per heavy atom. The SMILES string of the molecule is CC(C)(C)OC(=O)N1CCN(c2cc(F)c3nn(COCC[Si](C)(C)C)cc3c2)CC1. The molecule has 7 nitrogen and oxygen atoms in total. The third-order valence-electron chi connectivity index (χ3n) is 5.11. The van der Waals surface area contributed by atoms with Crippen LogP contribution in [0, 0.1) is 5.82 Å². The van der Waals surface area contributed by atoms with Crippen LogP contribution in [0.1, 0.15) is 20.8 Å². The molecule has 1 saturated heterocycles. The van der Waals surface area contributed by atoms with Gasteiger partial charge in [-0.05, 0) is 38.9 Å². The fraction of sp³-hybridized carbons (Fsp3) is 0.636. The molecule has 0 bridgehead atoms. The quantitative estimate of drug-likeness (QED) is 0.477. The number of carbonyl (C=O) groups excluding carboxylic acids is 1. The van der Waals surface area contributed by atoms with Crippen molar-refractivity contribution in [3.63, 3.8) is 0 Å². The van der Waals surface area contributed by atoms with E-state index in [1.807, 2.05) is 33.0 Å². The Hall–Kier alpha value is -2.13. The van der Waals surface area contributed by atoms with Crippen molar-refractivity contribution in [1.82, 2.24) is 14.7 Å². The summed E-state index contributed by atoms with van der Waals surface area (Å²) in [5.74, 6) is -0.345. The standard InChI is InChI=1S/C22H35FN4O3Si/c1-22(2,3)30-21(28)26-9-7-25(8-10-26)18-13-17-15-27(24-20(17)19(23)14-18)16-29-11-12-31(4,5)6/h13-15H,7-12,16H2,1-6H3. The number of amides is 1. The van der Waals surface area contributed by atoms with Gasteiger partial charge in [0.2, 0.25) is 0 Å². The third-order valence-corrected chi connectivity index (χ3v) is 6.81. The molecule has 9 heteroatoms. The molecule has 31 heavy (non-hydrogen) atoms. The lowest BCUT2D eigenvalue weighted by atomic mass is 10.2. The second-order valence-electron chi connectivity index (χ2n) is 10.3. The maximum atomic E-state index is 14.7. The number of piperazine rings is 1. The van der Waals surface area contributed by atoms with Gasteiger partial charge >= 0.3 is 6.09 Å². The second kappa shape index (κ2) is 9.16. The van der Waals surface area contributed by atoms with Crippen molar-refractivity contribution in [2.45, 2.75) is 58.8 Å². The van der Waals surface area contributed by atoms with Gasteiger partial charge < -0.3 is 19.3 Å². The van der Waals surface area contributed by atoms with Gasteiger partial charge in [0.15, 0.2) is 5.82 Å². The first-order valence-electron chi connectivity index (χ1n) is 10.9. The fourth-order valence-corrected chi connectivity index (χ4v) is 4.14. The van der Waals surface area contributed by atoms with E-state index in [1.54, 1.807) is 9.58 Å². The normalized spacial score (nSPS) is 15.6. The van der Waals surface area contributed by atoms with Gasteiger partial charge in [-0.1, -0.05) is 19.6 Å². The number of hydrogen-bond donors (Lipinski definition) is 0. The predicted octanol–water partition coefficient (Wildman–Crippen LogP) is 4.54. The van der Waals surface area contributed by atoms with Crippen LogP contribution in [0.15, 0.2) is 18.3 Å². The number of carbonyl (C=O) groups is 1. The monoisotopic (exact) mass is 450 g/mol. The Kier molecular flexibility index (Phi) is 6.95. The Morgan fingerprint density at radius 1 is 1.16 bits per heavy atom. The lowest BCUT2D eigenvalue weighted by molar-refractivity contribution is 0.0240. The summed E-state index contributed by atoms with van der Waals surface area (Å²) in [5, 5.41) is 5.09. The molecule has 0 radical (unpaired) electrons. The van der Waals surface area contributed by atoms with E-state index in [0.29, 0.717) is 45.0 Å². The number of halogens is 1. The lowest BCUT2D eigenvalue weighted by Crippen LogP contribution is -2.50. The minimum absolute atomic E-state index is 0.302. The Morgan fingerprint density at radius 3 is 2.45 bits per heavy atom. The molecule has 1 aromatic heterocycles. The van der Waals surface area contributed by atoms with E-state index in [2.05, 4.69) is 29.6 Å². The number of fused-ring (bicyclic) bond motifs is 1. The van der Waals surface area contributed by atoms with Crippen LogP contribution in [0.2, 0.25) is 25.7 Å². The molecule has 0 atom stereocenters. The first-order chi connectivity index (χ1) is 14.4. The highest BCUT2D eigenvalue weighted by atomic mass is 28.3. The Balaban J connectivity index is 1.61. The molecule has 0 unspecified atom stereocenters. The zero-order chi connectivity index (χ0) is 22.8. The average Bonchev–Trinajstić information content (AvgIpc) is 3.07. The topological polar surface area (TPSA) is 59.8 Å². The van der Waals surface area contributed by atoms with Crippen molar-refractivity contribution >= 4 is 30.8 Å². The summed E-state index contributed by atoms with van der Waals surface area (Å²) < 4.78 is 27.6. The minimum Gasteiger partial charge on any atom is -0.444 e. The second-order valence-corrected chi connectivity index (χ2v) is 16.0. The summed E-state index contributed by atoms with van der Waals surface area (Å²) in [6.45, 7) is 15.8. The van der Waals surface area contributed by atoms with Crippen LogP contribution in [0.25, 0.3) is 10.9 Å². The maximum absolute atomic E-state index is 14.7. The molecule has 2 heterocycles. The van der Waals surface area contributed by atoms with Crippen molar-refractivity contribution in [2.24, 2.45) is 0 Å². The highest BCUT2D eigenvalue weighted by Crippen LogP contribution is 2.26. The molecule has 0 N–H and O–H groups in total. The van der Waals surface area contributed by atoms with Gasteiger partial charge in [0.25, 0.3) is 0 Å². The van der Waals surface area contributed by atoms with Crippen molar-refractivity contribution in [2.75, 3.05) is 37.7 Å². The van der Waals surface area contributed by atoms with Crippen LogP contribution >= 0.6 is 0 Å². The molecule has 1 aliphatic rings. The van der Waals surface area contributed by atoms with E-state index in [0.717, 1.165) is 17.1 Å². The molecular weight excluding hydrogens is 415 g/mol. The smallest absolute Gasteiger partial charge is 0.410 e. The first kappa shape index (κ1) is 23.5. The number of benzene rings is 1. The van der Waals surface area contributed by atoms with E-state index in [1.165, 1.54) is 6.07 Å². The van der Waals surface area contributed by atoms with Crippen molar-refractivity contribution in [3.05, 3.63) is 24.1 Å². The van der Waals surface area contributed by atoms with Crippen LogP contribution in [0.5, 0.6) is 0 Å². The molecule has 1 aromatic carbocycles. The van der Waals surface area contributed by atoms with E-state index in [4.69, 9.17) is 9.47 Å². The molecule has 3 rings (SSSR count). The van der Waals surface area contributed by atoms with Crippen LogP contribution in [0.4, 0.5) is 14.9 Å². The molecule has 172 valence electrons. The van der Waals surface area contributed by atoms with Gasteiger partial charge in [0.05, 0.1) is 0 Å². The van der Waals surface area contributed by atoms with Crippen LogP contribution in [0.3, 0.4) is 0 Å². The van der Waals surface area contributed by atoms with Crippen LogP contribution in [-0.4, -0.2) is 67.2 Å². The highest BCUT2D eigenvalue weighted by Gasteiger charge is 2.26. The van der Waals surface area contributed by atoms with Gasteiger partial charge in [-0.25, -0.2) is 13.9 Å². The minimum atomic E-state index is -1.14. The van der Waals surface area contributed by atoms with E-state index < -0.39 is 13.7 Å². The molecule has 1 aliphatic heterocycles. The summed E-state index contributed by atoms with van der Waals surface area (Å²) >= 11 is 0. The number of anilines is 1. The number of nitrogens with zero attached hydrogens (tertiary/aromatic N) is 4. The van der Waals surface area contributed by atoms with Crippen LogP contribution < -0.4 is 4.90 Å². The van der Waals surface area contributed by atoms with Gasteiger partial charge in [0.1, 0.15) is 17.8 Å². The largest absolute Gasteiger partial charge is 0.444 e. The molecule has 0 aliphatic carbocycles. The number of aromatic nitrogens is 2. The van der Waals surface area contributed by atoms with Gasteiger partial charge in [-0.3, -0.25) is 0 Å². The molecule has 2 aromatic rings.